The Labute approximate surface area is 168 Å². The predicted octanol–water partition coefficient (Wildman–Crippen LogP) is 4.11. The van der Waals surface area contributed by atoms with E-state index < -0.39 is 23.3 Å². The van der Waals surface area contributed by atoms with E-state index in [1.807, 2.05) is 42.5 Å². The summed E-state index contributed by atoms with van der Waals surface area (Å²) in [6, 6.07) is 17.4. The molecule has 1 heterocycles. The van der Waals surface area contributed by atoms with E-state index in [9.17, 15) is 22.8 Å². The van der Waals surface area contributed by atoms with Gasteiger partial charge in [0.15, 0.2) is 10.9 Å². The highest BCUT2D eigenvalue weighted by molar-refractivity contribution is 7.99. The number of hydrogen-bond acceptors (Lipinski definition) is 4. The van der Waals surface area contributed by atoms with E-state index in [-0.39, 0.29) is 10.9 Å². The van der Waals surface area contributed by atoms with Gasteiger partial charge in [-0.2, -0.15) is 13.2 Å². The van der Waals surface area contributed by atoms with Gasteiger partial charge in [-0.25, -0.2) is 4.98 Å². The number of hydrogen-bond donors (Lipinski definition) is 2. The third-order valence-corrected chi connectivity index (χ3v) is 4.75. The molecule has 2 N–H and O–H groups in total. The smallest absolute Gasteiger partial charge is 0.325 e. The average Bonchev–Trinajstić information content (AvgIpc) is 2.68. The number of carbonyl (C=O) groups excluding carboxylic acids is 1. The number of thioether (sulfide) groups is 1. The van der Waals surface area contributed by atoms with Crippen molar-refractivity contribution in [2.24, 2.45) is 0 Å². The van der Waals surface area contributed by atoms with E-state index in [4.69, 9.17) is 0 Å². The highest BCUT2D eigenvalue weighted by Gasteiger charge is 2.33. The molecule has 0 spiro atoms. The van der Waals surface area contributed by atoms with Crippen LogP contribution in [0.4, 0.5) is 18.9 Å². The van der Waals surface area contributed by atoms with Crippen LogP contribution in [0.25, 0.3) is 0 Å². The Hall–Kier alpha value is -3.07. The highest BCUT2D eigenvalue weighted by atomic mass is 32.2. The van der Waals surface area contributed by atoms with E-state index >= 15 is 0 Å². The third kappa shape index (κ3) is 5.95. The van der Waals surface area contributed by atoms with Crippen molar-refractivity contribution < 1.29 is 18.0 Å². The van der Waals surface area contributed by atoms with Crippen LogP contribution in [0, 0.1) is 0 Å². The molecule has 0 radical (unpaired) electrons. The summed E-state index contributed by atoms with van der Waals surface area (Å²) in [5.74, 6) is -0.625. The van der Waals surface area contributed by atoms with Crippen molar-refractivity contribution in [2.45, 2.75) is 17.8 Å². The van der Waals surface area contributed by atoms with Gasteiger partial charge < -0.3 is 10.3 Å². The minimum Gasteiger partial charge on any atom is -0.325 e. The van der Waals surface area contributed by atoms with Crippen LogP contribution in [0.1, 0.15) is 16.8 Å². The van der Waals surface area contributed by atoms with Gasteiger partial charge in [-0.3, -0.25) is 9.59 Å². The van der Waals surface area contributed by atoms with Crippen molar-refractivity contribution in [1.82, 2.24) is 9.97 Å². The number of alkyl halides is 3. The van der Waals surface area contributed by atoms with E-state index in [1.54, 1.807) is 12.1 Å². The fourth-order valence-corrected chi connectivity index (χ4v) is 3.26. The van der Waals surface area contributed by atoms with Crippen LogP contribution in [-0.4, -0.2) is 21.6 Å². The molecule has 0 atom stereocenters. The van der Waals surface area contributed by atoms with Gasteiger partial charge in [0.25, 0.3) is 5.56 Å². The molecular weight excluding hydrogens is 403 g/mol. The lowest BCUT2D eigenvalue weighted by molar-refractivity contribution is -0.141. The molecule has 9 heteroatoms. The van der Waals surface area contributed by atoms with Crippen LogP contribution < -0.4 is 10.9 Å². The molecule has 1 amide bonds. The number of para-hydroxylation sites is 1. The van der Waals surface area contributed by atoms with Crippen molar-refractivity contribution >= 4 is 23.4 Å². The van der Waals surface area contributed by atoms with Gasteiger partial charge in [-0.1, -0.05) is 60.3 Å². The molecule has 0 unspecified atom stereocenters. The van der Waals surface area contributed by atoms with Crippen molar-refractivity contribution in [2.75, 3.05) is 11.1 Å². The van der Waals surface area contributed by atoms with Crippen molar-refractivity contribution in [1.29, 1.82) is 0 Å². The molecule has 0 aliphatic carbocycles. The largest absolute Gasteiger partial charge is 0.433 e. The Bertz CT molecular complexity index is 1050. The lowest BCUT2D eigenvalue weighted by Gasteiger charge is -2.11. The van der Waals surface area contributed by atoms with E-state index in [0.29, 0.717) is 18.2 Å². The second-order valence-electron chi connectivity index (χ2n) is 6.09. The zero-order valence-corrected chi connectivity index (χ0v) is 15.8. The summed E-state index contributed by atoms with van der Waals surface area (Å²) in [6.07, 6.45) is -4.12. The Morgan fingerprint density at radius 3 is 2.48 bits per heavy atom. The van der Waals surface area contributed by atoms with Gasteiger partial charge in [0.2, 0.25) is 5.91 Å². The normalized spacial score (nSPS) is 11.3. The number of amides is 1. The zero-order chi connectivity index (χ0) is 20.9. The van der Waals surface area contributed by atoms with E-state index in [2.05, 4.69) is 15.3 Å². The summed E-state index contributed by atoms with van der Waals surface area (Å²) < 4.78 is 38.3. The van der Waals surface area contributed by atoms with Gasteiger partial charge in [0.1, 0.15) is 0 Å². The van der Waals surface area contributed by atoms with Crippen LogP contribution in [0.5, 0.6) is 0 Å². The second kappa shape index (κ2) is 8.95. The minimum atomic E-state index is -4.73. The lowest BCUT2D eigenvalue weighted by atomic mass is 10.0. The molecule has 150 valence electrons. The summed E-state index contributed by atoms with van der Waals surface area (Å²) in [7, 11) is 0. The van der Waals surface area contributed by atoms with Crippen LogP contribution in [-0.2, 0) is 17.4 Å². The highest BCUT2D eigenvalue weighted by Crippen LogP contribution is 2.27. The third-order valence-electron chi connectivity index (χ3n) is 3.88. The molecule has 29 heavy (non-hydrogen) atoms. The zero-order valence-electron chi connectivity index (χ0n) is 15.0. The van der Waals surface area contributed by atoms with Crippen LogP contribution in [0.3, 0.4) is 0 Å². The number of halogens is 3. The van der Waals surface area contributed by atoms with Crippen LogP contribution in [0.2, 0.25) is 0 Å². The quantitative estimate of drug-likeness (QED) is 0.466. The first-order valence-corrected chi connectivity index (χ1v) is 9.53. The van der Waals surface area contributed by atoms with Gasteiger partial charge in [0, 0.05) is 11.8 Å². The molecule has 0 bridgehead atoms. The maximum atomic E-state index is 12.8. The van der Waals surface area contributed by atoms with Gasteiger partial charge in [0.05, 0.1) is 5.75 Å². The topological polar surface area (TPSA) is 74.8 Å². The standard InChI is InChI=1S/C20H16F3N3O2S/c21-20(22,23)16-11-17(27)26-19(25-16)29-12-18(28)24-15-9-5-4-8-14(15)10-13-6-2-1-3-7-13/h1-9,11H,10,12H2,(H,24,28)(H,25,26,27). The summed E-state index contributed by atoms with van der Waals surface area (Å²) >= 11 is 0.723. The summed E-state index contributed by atoms with van der Waals surface area (Å²) in [5, 5.41) is 2.49. The molecule has 0 saturated heterocycles. The summed E-state index contributed by atoms with van der Waals surface area (Å²) in [4.78, 5) is 29.2. The summed E-state index contributed by atoms with van der Waals surface area (Å²) in [6.45, 7) is 0. The maximum Gasteiger partial charge on any atom is 0.433 e. The SMILES string of the molecule is O=C(CSc1nc(C(F)(F)F)cc(=O)[nH]1)Nc1ccccc1Cc1ccccc1. The fourth-order valence-electron chi connectivity index (χ4n) is 2.58. The van der Waals surface area contributed by atoms with Gasteiger partial charge in [-0.05, 0) is 23.6 Å². The Morgan fingerprint density at radius 1 is 1.07 bits per heavy atom. The van der Waals surface area contributed by atoms with Crippen molar-refractivity contribution in [3.63, 3.8) is 0 Å². The number of anilines is 1. The van der Waals surface area contributed by atoms with Gasteiger partial charge >= 0.3 is 6.18 Å². The number of benzene rings is 2. The molecular formula is C20H16F3N3O2S. The summed E-state index contributed by atoms with van der Waals surface area (Å²) in [5.41, 5.74) is 0.380. The predicted molar refractivity (Wildman–Crippen MR) is 105 cm³/mol. The molecule has 0 fully saturated rings. The number of carbonyl (C=O) groups is 1. The number of rotatable bonds is 6. The van der Waals surface area contributed by atoms with Crippen molar-refractivity contribution in [3.05, 3.63) is 87.8 Å². The molecule has 0 aliphatic rings. The minimum absolute atomic E-state index is 0.204. The second-order valence-corrected chi connectivity index (χ2v) is 7.05. The molecule has 3 rings (SSSR count). The lowest BCUT2D eigenvalue weighted by Crippen LogP contribution is -2.19. The number of nitrogens with one attached hydrogen (secondary N) is 2. The first kappa shape index (κ1) is 20.7. The molecule has 2 aromatic carbocycles. The molecule has 1 aromatic heterocycles. The number of H-pyrrole nitrogens is 1. The molecule has 5 nitrogen and oxygen atoms in total. The van der Waals surface area contributed by atoms with Crippen LogP contribution >= 0.6 is 11.8 Å². The maximum absolute atomic E-state index is 12.8. The van der Waals surface area contributed by atoms with Crippen LogP contribution in [0.15, 0.2) is 70.6 Å². The number of aromatic nitrogens is 2. The Balaban J connectivity index is 1.66. The first-order valence-electron chi connectivity index (χ1n) is 8.54. The van der Waals surface area contributed by atoms with Gasteiger partial charge in [-0.15, -0.1) is 0 Å². The fraction of sp³-hybridized carbons (Fsp3) is 0.150. The van der Waals surface area contributed by atoms with E-state index in [0.717, 1.165) is 22.9 Å². The number of nitrogens with zero attached hydrogens (tertiary/aromatic N) is 1. The molecule has 0 saturated carbocycles. The first-order chi connectivity index (χ1) is 13.8. The molecule has 3 aromatic rings. The monoisotopic (exact) mass is 419 g/mol. The number of aromatic amines is 1. The average molecular weight is 419 g/mol. The Kier molecular flexibility index (Phi) is 6.38. The Morgan fingerprint density at radius 2 is 1.76 bits per heavy atom. The molecule has 0 aliphatic heterocycles. The van der Waals surface area contributed by atoms with E-state index in [1.165, 1.54) is 0 Å². The van der Waals surface area contributed by atoms with Crippen molar-refractivity contribution in [3.8, 4) is 0 Å².